The molecule has 0 saturated heterocycles. The first-order valence-corrected chi connectivity index (χ1v) is 10.9. The van der Waals surface area contributed by atoms with Crippen LogP contribution in [0.1, 0.15) is 41.6 Å². The van der Waals surface area contributed by atoms with Crippen molar-refractivity contribution < 1.29 is 13.2 Å². The Labute approximate surface area is 162 Å². The molecule has 0 saturated carbocycles. The van der Waals surface area contributed by atoms with Crippen molar-refractivity contribution in [1.82, 2.24) is 5.32 Å². The van der Waals surface area contributed by atoms with Crippen molar-refractivity contribution in [3.63, 3.8) is 0 Å². The molecule has 0 aliphatic carbocycles. The van der Waals surface area contributed by atoms with E-state index < -0.39 is 10.0 Å². The van der Waals surface area contributed by atoms with E-state index in [0.717, 1.165) is 33.7 Å². The number of rotatable bonds is 7. The SMILES string of the molecule is CC[C@H](NC(=O)CN(c1cccc(C)c1)S(C)(=O)=O)c1ccc(C)cc1C. The molecule has 0 aromatic heterocycles. The number of amides is 1. The summed E-state index contributed by atoms with van der Waals surface area (Å²) in [6.07, 6.45) is 1.84. The van der Waals surface area contributed by atoms with Crippen LogP contribution in [0.5, 0.6) is 0 Å². The van der Waals surface area contributed by atoms with Crippen molar-refractivity contribution in [1.29, 1.82) is 0 Å². The highest BCUT2D eigenvalue weighted by Crippen LogP contribution is 2.23. The van der Waals surface area contributed by atoms with E-state index in [-0.39, 0.29) is 18.5 Å². The van der Waals surface area contributed by atoms with Gasteiger partial charge in [-0.05, 0) is 56.0 Å². The van der Waals surface area contributed by atoms with E-state index in [1.807, 2.05) is 45.9 Å². The summed E-state index contributed by atoms with van der Waals surface area (Å²) in [5.41, 5.74) is 4.76. The Balaban J connectivity index is 2.22. The van der Waals surface area contributed by atoms with E-state index in [1.54, 1.807) is 18.2 Å². The predicted molar refractivity (Wildman–Crippen MR) is 110 cm³/mol. The largest absolute Gasteiger partial charge is 0.348 e. The van der Waals surface area contributed by atoms with Gasteiger partial charge in [0.25, 0.3) is 0 Å². The van der Waals surface area contributed by atoms with Gasteiger partial charge in [0.15, 0.2) is 0 Å². The lowest BCUT2D eigenvalue weighted by molar-refractivity contribution is -0.120. The lowest BCUT2D eigenvalue weighted by Gasteiger charge is -2.25. The molecule has 0 heterocycles. The summed E-state index contributed by atoms with van der Waals surface area (Å²) in [5.74, 6) is -0.325. The van der Waals surface area contributed by atoms with Crippen LogP contribution in [0.4, 0.5) is 5.69 Å². The molecule has 5 nitrogen and oxygen atoms in total. The molecule has 146 valence electrons. The third-order valence-electron chi connectivity index (χ3n) is 4.52. The number of nitrogens with zero attached hydrogens (tertiary/aromatic N) is 1. The first-order valence-electron chi connectivity index (χ1n) is 9.02. The highest BCUT2D eigenvalue weighted by atomic mass is 32.2. The summed E-state index contributed by atoms with van der Waals surface area (Å²) in [7, 11) is -3.58. The average molecular weight is 389 g/mol. The molecule has 0 aliphatic heterocycles. The maximum atomic E-state index is 12.7. The van der Waals surface area contributed by atoms with Crippen LogP contribution in [-0.2, 0) is 14.8 Å². The number of nitrogens with one attached hydrogen (secondary N) is 1. The number of sulfonamides is 1. The van der Waals surface area contributed by atoms with Gasteiger partial charge in [-0.25, -0.2) is 8.42 Å². The number of carbonyl (C=O) groups is 1. The second-order valence-electron chi connectivity index (χ2n) is 7.00. The van der Waals surface area contributed by atoms with Crippen LogP contribution in [0, 0.1) is 20.8 Å². The molecule has 0 aliphatic rings. The second kappa shape index (κ2) is 8.57. The Morgan fingerprint density at radius 3 is 2.30 bits per heavy atom. The summed E-state index contributed by atoms with van der Waals surface area (Å²) in [6, 6.07) is 13.1. The summed E-state index contributed by atoms with van der Waals surface area (Å²) in [5, 5.41) is 2.99. The third kappa shape index (κ3) is 5.57. The fraction of sp³-hybridized carbons (Fsp3) is 0.381. The summed E-state index contributed by atoms with van der Waals surface area (Å²) >= 11 is 0. The zero-order valence-electron chi connectivity index (χ0n) is 16.6. The quantitative estimate of drug-likeness (QED) is 0.787. The van der Waals surface area contributed by atoms with Crippen LogP contribution in [0.2, 0.25) is 0 Å². The van der Waals surface area contributed by atoms with Crippen LogP contribution < -0.4 is 9.62 Å². The highest BCUT2D eigenvalue weighted by Gasteiger charge is 2.23. The summed E-state index contributed by atoms with van der Waals surface area (Å²) < 4.78 is 25.6. The van der Waals surface area contributed by atoms with Crippen molar-refractivity contribution in [2.75, 3.05) is 17.1 Å². The van der Waals surface area contributed by atoms with Gasteiger partial charge >= 0.3 is 0 Å². The maximum Gasteiger partial charge on any atom is 0.241 e. The molecular formula is C21H28N2O3S. The first kappa shape index (κ1) is 21.0. The molecule has 0 unspecified atom stereocenters. The van der Waals surface area contributed by atoms with E-state index in [4.69, 9.17) is 0 Å². The molecule has 2 aromatic carbocycles. The Hall–Kier alpha value is -2.34. The third-order valence-corrected chi connectivity index (χ3v) is 5.66. The summed E-state index contributed by atoms with van der Waals surface area (Å²) in [4.78, 5) is 12.7. The molecule has 0 bridgehead atoms. The topological polar surface area (TPSA) is 66.5 Å². The molecule has 1 N–H and O–H groups in total. The maximum absolute atomic E-state index is 12.7. The van der Waals surface area contributed by atoms with Gasteiger partial charge < -0.3 is 5.32 Å². The fourth-order valence-corrected chi connectivity index (χ4v) is 4.02. The summed E-state index contributed by atoms with van der Waals surface area (Å²) in [6.45, 7) is 7.69. The van der Waals surface area contributed by atoms with Crippen molar-refractivity contribution in [3.8, 4) is 0 Å². The molecule has 6 heteroatoms. The van der Waals surface area contributed by atoms with Crippen LogP contribution in [0.25, 0.3) is 0 Å². The van der Waals surface area contributed by atoms with Crippen LogP contribution in [0.3, 0.4) is 0 Å². The first-order chi connectivity index (χ1) is 12.6. The lowest BCUT2D eigenvalue weighted by Crippen LogP contribution is -2.41. The number of hydrogen-bond acceptors (Lipinski definition) is 3. The predicted octanol–water partition coefficient (Wildman–Crippen LogP) is 3.65. The van der Waals surface area contributed by atoms with Gasteiger partial charge in [-0.2, -0.15) is 0 Å². The van der Waals surface area contributed by atoms with Crippen molar-refractivity contribution in [3.05, 3.63) is 64.7 Å². The van der Waals surface area contributed by atoms with Gasteiger partial charge in [0.2, 0.25) is 15.9 Å². The highest BCUT2D eigenvalue weighted by molar-refractivity contribution is 7.92. The van der Waals surface area contributed by atoms with Gasteiger partial charge in [-0.15, -0.1) is 0 Å². The molecule has 1 amide bonds. The number of hydrogen-bond donors (Lipinski definition) is 1. The zero-order chi connectivity index (χ0) is 20.2. The second-order valence-corrected chi connectivity index (χ2v) is 8.90. The number of anilines is 1. The zero-order valence-corrected chi connectivity index (χ0v) is 17.4. The Morgan fingerprint density at radius 1 is 1.07 bits per heavy atom. The van der Waals surface area contributed by atoms with Crippen LogP contribution in [0.15, 0.2) is 42.5 Å². The minimum atomic E-state index is -3.58. The minimum absolute atomic E-state index is 0.156. The van der Waals surface area contributed by atoms with E-state index in [9.17, 15) is 13.2 Å². The molecule has 0 spiro atoms. The average Bonchev–Trinajstić information content (AvgIpc) is 2.57. The van der Waals surface area contributed by atoms with Gasteiger partial charge in [-0.3, -0.25) is 9.10 Å². The van der Waals surface area contributed by atoms with E-state index in [1.165, 1.54) is 5.56 Å². The Bertz CT molecular complexity index is 923. The Kier molecular flexibility index (Phi) is 6.65. The smallest absolute Gasteiger partial charge is 0.241 e. The van der Waals surface area contributed by atoms with Crippen molar-refractivity contribution in [2.45, 2.75) is 40.2 Å². The van der Waals surface area contributed by atoms with Crippen LogP contribution >= 0.6 is 0 Å². The van der Waals surface area contributed by atoms with Crippen molar-refractivity contribution in [2.24, 2.45) is 0 Å². The van der Waals surface area contributed by atoms with Gasteiger partial charge in [0.1, 0.15) is 6.54 Å². The number of carbonyl (C=O) groups excluding carboxylic acids is 1. The van der Waals surface area contributed by atoms with Crippen molar-refractivity contribution >= 4 is 21.6 Å². The van der Waals surface area contributed by atoms with Gasteiger partial charge in [0.05, 0.1) is 18.0 Å². The van der Waals surface area contributed by atoms with E-state index in [2.05, 4.69) is 11.4 Å². The molecule has 1 atom stereocenters. The molecule has 27 heavy (non-hydrogen) atoms. The van der Waals surface area contributed by atoms with E-state index in [0.29, 0.717) is 5.69 Å². The standard InChI is InChI=1S/C21H28N2O3S/c1-6-20(19-11-10-16(3)12-17(19)4)22-21(24)14-23(27(5,25)26)18-9-7-8-15(2)13-18/h7-13,20H,6,14H2,1-5H3,(H,22,24)/t20-/m0/s1. The Morgan fingerprint density at radius 2 is 1.74 bits per heavy atom. The van der Waals surface area contributed by atoms with Gasteiger partial charge in [-0.1, -0.05) is 42.8 Å². The molecule has 2 rings (SSSR count). The molecule has 0 fully saturated rings. The minimum Gasteiger partial charge on any atom is -0.348 e. The van der Waals surface area contributed by atoms with Gasteiger partial charge in [0, 0.05) is 0 Å². The molecular weight excluding hydrogens is 360 g/mol. The lowest BCUT2D eigenvalue weighted by atomic mass is 9.97. The fourth-order valence-electron chi connectivity index (χ4n) is 3.17. The van der Waals surface area contributed by atoms with E-state index >= 15 is 0 Å². The normalized spacial score (nSPS) is 12.5. The molecule has 2 aromatic rings. The monoisotopic (exact) mass is 388 g/mol. The van der Waals surface area contributed by atoms with Crippen LogP contribution in [-0.4, -0.2) is 27.1 Å². The number of aryl methyl sites for hydroxylation is 3. The number of benzene rings is 2. The molecule has 0 radical (unpaired) electrons.